The summed E-state index contributed by atoms with van der Waals surface area (Å²) in [5, 5.41) is 25.2. The largest absolute Gasteiger partial charge is 0.390 e. The Hall–Kier alpha value is -2.43. The molecule has 2 atom stereocenters. The summed E-state index contributed by atoms with van der Waals surface area (Å²) in [4.78, 5) is 13.0. The van der Waals surface area contributed by atoms with Crippen LogP contribution < -0.4 is 5.32 Å². The number of nitrogens with zero attached hydrogens (tertiary/aromatic N) is 4. The molecule has 0 aliphatic heterocycles. The number of aromatic nitrogens is 4. The van der Waals surface area contributed by atoms with Crippen molar-refractivity contribution in [2.24, 2.45) is 23.2 Å². The van der Waals surface area contributed by atoms with E-state index in [1.54, 1.807) is 0 Å². The van der Waals surface area contributed by atoms with E-state index in [-0.39, 0.29) is 5.60 Å². The smallest absolute Gasteiger partial charge is 0.139 e. The second-order valence-electron chi connectivity index (χ2n) is 12.8. The van der Waals surface area contributed by atoms with Gasteiger partial charge in [-0.05, 0) is 93.4 Å². The topological polar surface area (TPSA) is 103 Å². The fourth-order valence-corrected chi connectivity index (χ4v) is 9.11. The van der Waals surface area contributed by atoms with Crippen LogP contribution in [-0.2, 0) is 6.42 Å². The molecule has 3 aromatic rings. The molecule has 5 aliphatic carbocycles. The molecule has 2 unspecified atom stereocenters. The van der Waals surface area contributed by atoms with Crippen LogP contribution in [0.5, 0.6) is 0 Å². The van der Waals surface area contributed by atoms with Crippen molar-refractivity contribution in [3.63, 3.8) is 0 Å². The number of pyridine rings is 1. The summed E-state index contributed by atoms with van der Waals surface area (Å²) < 4.78 is 2.52. The Morgan fingerprint density at radius 2 is 1.97 bits per heavy atom. The zero-order chi connectivity index (χ0) is 24.3. The van der Waals surface area contributed by atoms with Crippen molar-refractivity contribution >= 4 is 22.1 Å². The monoisotopic (exact) mass is 486 g/mol. The molecule has 4 bridgehead atoms. The van der Waals surface area contributed by atoms with Crippen molar-refractivity contribution in [1.29, 1.82) is 5.26 Å². The lowest BCUT2D eigenvalue weighted by Gasteiger charge is -2.60. The number of imidazole rings is 1. The van der Waals surface area contributed by atoms with Gasteiger partial charge in [0.15, 0.2) is 0 Å². The molecule has 0 amide bonds. The van der Waals surface area contributed by atoms with E-state index < -0.39 is 0 Å². The van der Waals surface area contributed by atoms with E-state index in [4.69, 9.17) is 10.2 Å². The number of nitriles is 1. The number of H-pyrrole nitrogens is 1. The molecule has 3 heterocycles. The Morgan fingerprint density at radius 1 is 1.17 bits per heavy atom. The zero-order valence-corrected chi connectivity index (χ0v) is 21.2. The maximum Gasteiger partial charge on any atom is 0.139 e. The van der Waals surface area contributed by atoms with Crippen LogP contribution in [0.4, 0.5) is 0 Å². The minimum atomic E-state index is -0.390. The lowest BCUT2D eigenvalue weighted by Crippen LogP contribution is -2.58. The third-order valence-electron chi connectivity index (χ3n) is 10.0. The zero-order valence-electron chi connectivity index (χ0n) is 21.2. The van der Waals surface area contributed by atoms with E-state index in [1.807, 2.05) is 12.4 Å². The van der Waals surface area contributed by atoms with Gasteiger partial charge in [-0.2, -0.15) is 5.26 Å². The van der Waals surface area contributed by atoms with Gasteiger partial charge in [-0.3, -0.25) is 0 Å². The van der Waals surface area contributed by atoms with Crippen molar-refractivity contribution < 1.29 is 5.11 Å². The van der Waals surface area contributed by atoms with Crippen molar-refractivity contribution in [2.45, 2.75) is 88.7 Å². The van der Waals surface area contributed by atoms with E-state index in [2.05, 4.69) is 32.0 Å². The normalized spacial score (nSPS) is 35.6. The molecule has 5 saturated carbocycles. The van der Waals surface area contributed by atoms with E-state index in [0.717, 1.165) is 98.7 Å². The number of hydrogen-bond donors (Lipinski definition) is 3. The number of aromatic amines is 1. The van der Waals surface area contributed by atoms with Gasteiger partial charge in [0.1, 0.15) is 17.0 Å². The average molecular weight is 487 g/mol. The summed E-state index contributed by atoms with van der Waals surface area (Å²) in [7, 11) is 0. The maximum atomic E-state index is 11.1. The predicted octanol–water partition coefficient (Wildman–Crippen LogP) is 5.02. The van der Waals surface area contributed by atoms with Gasteiger partial charge in [0.05, 0.1) is 23.4 Å². The summed E-state index contributed by atoms with van der Waals surface area (Å²) in [5.74, 6) is 3.15. The van der Waals surface area contributed by atoms with Gasteiger partial charge in [-0.1, -0.05) is 0 Å². The first-order chi connectivity index (χ1) is 17.5. The molecule has 7 nitrogen and oxygen atoms in total. The highest BCUT2D eigenvalue weighted by atomic mass is 16.3. The van der Waals surface area contributed by atoms with E-state index in [0.29, 0.717) is 23.8 Å². The molecule has 7 heteroatoms. The molecule has 3 aromatic heterocycles. The number of nitrogens with one attached hydrogen (secondary N) is 2. The van der Waals surface area contributed by atoms with Crippen LogP contribution in [0.25, 0.3) is 22.1 Å². The van der Waals surface area contributed by atoms with E-state index in [9.17, 15) is 5.11 Å². The quantitative estimate of drug-likeness (QED) is 0.407. The maximum absolute atomic E-state index is 11.1. The van der Waals surface area contributed by atoms with Gasteiger partial charge in [-0.15, -0.1) is 0 Å². The minimum absolute atomic E-state index is 0.291. The standard InChI is InChI=1S/C29H38N6O/c30-8-5-19-1-3-22(4-2-19)35-25(34-24-16-33-27-23(26(24)35)6-10-32-27)7-9-31-18-28-12-20-11-21(13-28)15-29(36,14-20)17-28/h6,10,16,19-22,31,36H,1-5,7,9,11-15,17-18H2,(H,32,33)/t19-,20?,21?,22-,28?,29?. The molecule has 8 rings (SSSR count). The molecular formula is C29H38N6O. The first kappa shape index (κ1) is 22.7. The summed E-state index contributed by atoms with van der Waals surface area (Å²) in [6.45, 7) is 1.93. The molecule has 36 heavy (non-hydrogen) atoms. The van der Waals surface area contributed by atoms with Gasteiger partial charge >= 0.3 is 0 Å². The van der Waals surface area contributed by atoms with Crippen LogP contribution in [0, 0.1) is 34.5 Å². The van der Waals surface area contributed by atoms with Gasteiger partial charge in [0.2, 0.25) is 0 Å². The van der Waals surface area contributed by atoms with Crippen LogP contribution in [0.3, 0.4) is 0 Å². The number of hydrogen-bond acceptors (Lipinski definition) is 5. The van der Waals surface area contributed by atoms with Crippen molar-refractivity contribution in [1.82, 2.24) is 24.8 Å². The number of rotatable bonds is 7. The fraction of sp³-hybridized carbons (Fsp3) is 0.690. The molecule has 0 spiro atoms. The van der Waals surface area contributed by atoms with Crippen LogP contribution in [-0.4, -0.2) is 43.3 Å². The molecular weight excluding hydrogens is 448 g/mol. The molecule has 0 aromatic carbocycles. The van der Waals surface area contributed by atoms with Crippen molar-refractivity contribution in [3.05, 3.63) is 24.3 Å². The molecule has 5 aliphatic rings. The second-order valence-corrected chi connectivity index (χ2v) is 12.8. The predicted molar refractivity (Wildman–Crippen MR) is 139 cm³/mol. The third-order valence-corrected chi connectivity index (χ3v) is 10.0. The van der Waals surface area contributed by atoms with Crippen LogP contribution in [0.15, 0.2) is 18.5 Å². The second kappa shape index (κ2) is 8.56. The first-order valence-electron chi connectivity index (χ1n) is 14.2. The van der Waals surface area contributed by atoms with Gasteiger partial charge < -0.3 is 20.0 Å². The molecule has 0 saturated heterocycles. The summed E-state index contributed by atoms with van der Waals surface area (Å²) in [6, 6.07) is 4.93. The number of fused-ring (bicyclic) bond motifs is 3. The Morgan fingerprint density at radius 3 is 2.72 bits per heavy atom. The minimum Gasteiger partial charge on any atom is -0.390 e. The van der Waals surface area contributed by atoms with Gasteiger partial charge in [0.25, 0.3) is 0 Å². The Balaban J connectivity index is 1.11. The molecule has 0 radical (unpaired) electrons. The Labute approximate surface area is 212 Å². The average Bonchev–Trinajstić information content (AvgIpc) is 3.45. The Kier molecular flexibility index (Phi) is 5.41. The number of aliphatic hydroxyl groups is 1. The fourth-order valence-electron chi connectivity index (χ4n) is 9.11. The molecule has 3 N–H and O–H groups in total. The van der Waals surface area contributed by atoms with E-state index >= 15 is 0 Å². The summed E-state index contributed by atoms with van der Waals surface area (Å²) >= 11 is 0. The summed E-state index contributed by atoms with van der Waals surface area (Å²) in [5.41, 5.74) is 3.02. The van der Waals surface area contributed by atoms with Crippen molar-refractivity contribution in [2.75, 3.05) is 13.1 Å². The highest BCUT2D eigenvalue weighted by Gasteiger charge is 2.56. The van der Waals surface area contributed by atoms with Gasteiger partial charge in [-0.25, -0.2) is 9.97 Å². The van der Waals surface area contributed by atoms with Gasteiger partial charge in [0, 0.05) is 43.6 Å². The van der Waals surface area contributed by atoms with E-state index in [1.165, 1.54) is 24.8 Å². The van der Waals surface area contributed by atoms with Crippen LogP contribution in [0.2, 0.25) is 0 Å². The lowest BCUT2D eigenvalue weighted by atomic mass is 9.48. The van der Waals surface area contributed by atoms with Crippen molar-refractivity contribution in [3.8, 4) is 6.07 Å². The lowest BCUT2D eigenvalue weighted by molar-refractivity contribution is -0.162. The first-order valence-corrected chi connectivity index (χ1v) is 14.2. The Bertz CT molecular complexity index is 1290. The highest BCUT2D eigenvalue weighted by Crippen LogP contribution is 2.61. The molecule has 190 valence electrons. The SMILES string of the molecule is N#CC[C@H]1CC[C@H](n2c(CCNCC34CC5CC(CC(O)(C5)C3)C4)nc3cnc4[nH]ccc4c32)CC1. The summed E-state index contributed by atoms with van der Waals surface area (Å²) in [6.07, 6.45) is 16.9. The highest BCUT2D eigenvalue weighted by molar-refractivity contribution is 6.01. The van der Waals surface area contributed by atoms with Crippen LogP contribution >= 0.6 is 0 Å². The third kappa shape index (κ3) is 3.85. The van der Waals surface area contributed by atoms with Crippen LogP contribution in [0.1, 0.15) is 82.5 Å². The molecule has 5 fully saturated rings.